The molecule has 0 unspecified atom stereocenters. The topological polar surface area (TPSA) is 133 Å². The van der Waals surface area contributed by atoms with E-state index >= 15 is 0 Å². The Hall–Kier alpha value is -0.917. The Labute approximate surface area is 126 Å². The van der Waals surface area contributed by atoms with Gasteiger partial charge in [-0.15, -0.1) is 0 Å². The van der Waals surface area contributed by atoms with Gasteiger partial charge in [-0.2, -0.15) is 0 Å². The Balaban J connectivity index is -0.000000224. The van der Waals surface area contributed by atoms with Gasteiger partial charge in [0, 0.05) is 0 Å². The Kier molecular flexibility index (Phi) is 20.9. The number of rotatable bonds is 2. The summed E-state index contributed by atoms with van der Waals surface area (Å²) in [6, 6.07) is 0. The second kappa shape index (κ2) is 17.1. The van der Waals surface area contributed by atoms with Gasteiger partial charge in [-0.05, 0) is 27.7 Å². The summed E-state index contributed by atoms with van der Waals surface area (Å²) < 4.78 is 0. The molecule has 8 nitrogen and oxygen atoms in total. The van der Waals surface area contributed by atoms with Crippen molar-refractivity contribution in [3.63, 3.8) is 0 Å². The van der Waals surface area contributed by atoms with Crippen LogP contribution in [0, 0.1) is 5.21 Å². The minimum atomic E-state index is -0.226. The molecule has 0 rings (SSSR count). The molecule has 0 aromatic rings. The molecule has 0 heterocycles. The Morgan fingerprint density at radius 2 is 1.00 bits per heavy atom. The number of hydrogen-bond donors (Lipinski definition) is 3. The summed E-state index contributed by atoms with van der Waals surface area (Å²) in [6.45, 7) is 6.04. The van der Waals surface area contributed by atoms with Gasteiger partial charge >= 0.3 is 34.5 Å². The molecule has 0 aliphatic rings. The zero-order valence-corrected chi connectivity index (χ0v) is 13.8. The summed E-state index contributed by atoms with van der Waals surface area (Å²) in [4.78, 5) is 0. The van der Waals surface area contributed by atoms with Crippen molar-refractivity contribution >= 4 is 42.2 Å². The van der Waals surface area contributed by atoms with Crippen LogP contribution in [0.5, 0.6) is 0 Å². The number of oxime groups is 3. The second-order valence-corrected chi connectivity index (χ2v) is 5.27. The van der Waals surface area contributed by atoms with Crippen molar-refractivity contribution < 1.29 is 30.8 Å². The van der Waals surface area contributed by atoms with Crippen LogP contribution in [0.15, 0.2) is 20.6 Å². The van der Waals surface area contributed by atoms with Gasteiger partial charge in [0.1, 0.15) is 11.4 Å². The summed E-state index contributed by atoms with van der Waals surface area (Å²) in [7, 11) is 9.67. The van der Waals surface area contributed by atoms with E-state index in [9.17, 15) is 5.21 Å². The van der Waals surface area contributed by atoms with Gasteiger partial charge in [-0.3, -0.25) is 0 Å². The first kappa shape index (κ1) is 23.2. The van der Waals surface area contributed by atoms with Crippen LogP contribution >= 0.6 is 19.4 Å². The van der Waals surface area contributed by atoms with E-state index in [0.717, 1.165) is 0 Å². The maximum absolute atomic E-state index is 9.63. The van der Waals surface area contributed by atoms with Crippen molar-refractivity contribution in [3.8, 4) is 0 Å². The molecular weight excluding hydrogens is 390 g/mol. The van der Waals surface area contributed by atoms with Crippen molar-refractivity contribution in [1.82, 2.24) is 0 Å². The molecule has 11 heteroatoms. The molecule has 0 aromatic carbocycles. The van der Waals surface area contributed by atoms with E-state index in [0.29, 0.717) is 11.4 Å². The molecule has 0 saturated heterocycles. The second-order valence-electron chi connectivity index (χ2n) is 2.78. The molecule has 0 aliphatic carbocycles. The van der Waals surface area contributed by atoms with Crippen LogP contribution in [0.3, 0.4) is 0 Å². The van der Waals surface area contributed by atoms with Gasteiger partial charge in [0.25, 0.3) is 0 Å². The van der Waals surface area contributed by atoms with Crippen LogP contribution < -0.4 is 0 Å². The first-order valence-corrected chi connectivity index (χ1v) is 8.65. The molecule has 0 fully saturated rings. The normalized spacial score (nSPS) is 13.2. The molecule has 19 heavy (non-hydrogen) atoms. The maximum atomic E-state index is 9.63. The Bertz CT molecular complexity index is 284. The molecule has 0 aliphatic heterocycles. The van der Waals surface area contributed by atoms with Gasteiger partial charge in [0.2, 0.25) is 0 Å². The third-order valence-corrected chi connectivity index (χ3v) is 1.63. The van der Waals surface area contributed by atoms with Crippen LogP contribution in [0.2, 0.25) is 0 Å². The Morgan fingerprint density at radius 3 is 1.11 bits per heavy atom. The van der Waals surface area contributed by atoms with Gasteiger partial charge in [-0.1, -0.05) is 15.5 Å². The Morgan fingerprint density at radius 1 is 0.789 bits per heavy atom. The molecule has 0 amide bonds. The average molecular weight is 405 g/mol. The SMILES string of the molecule is CC(=N\O)/C(C)=N/O.CC(=N\[O-])/C(C)=N/O.[Cl][Rh+][Cl]. The van der Waals surface area contributed by atoms with Gasteiger partial charge < -0.3 is 26.0 Å². The molecule has 3 N–H and O–H groups in total. The van der Waals surface area contributed by atoms with Crippen molar-refractivity contribution in [3.05, 3.63) is 5.21 Å². The molecule has 0 bridgehead atoms. The fraction of sp³-hybridized carbons (Fsp3) is 0.500. The van der Waals surface area contributed by atoms with E-state index in [-0.39, 0.29) is 26.6 Å². The fourth-order valence-electron chi connectivity index (χ4n) is 0.283. The van der Waals surface area contributed by atoms with Gasteiger partial charge in [-0.25, -0.2) is 0 Å². The number of halogens is 2. The van der Waals surface area contributed by atoms with Crippen LogP contribution in [0.4, 0.5) is 0 Å². The minimum absolute atomic E-state index is 0.201. The van der Waals surface area contributed by atoms with E-state index in [1.165, 1.54) is 27.7 Å². The molecule has 0 radical (unpaired) electrons. The average Bonchev–Trinajstić information content (AvgIpc) is 2.45. The van der Waals surface area contributed by atoms with E-state index in [1.54, 1.807) is 0 Å². The van der Waals surface area contributed by atoms with Crippen LogP contribution in [-0.2, 0) is 15.1 Å². The summed E-state index contributed by atoms with van der Waals surface area (Å²) >= 11 is -0.226. The predicted octanol–water partition coefficient (Wildman–Crippen LogP) is 2.86. The molecule has 0 saturated carbocycles. The third kappa shape index (κ3) is 17.1. The molecule has 0 atom stereocenters. The molecule has 114 valence electrons. The zero-order chi connectivity index (χ0) is 15.8. The van der Waals surface area contributed by atoms with Crippen LogP contribution in [0.1, 0.15) is 27.7 Å². The van der Waals surface area contributed by atoms with Crippen molar-refractivity contribution in [1.29, 1.82) is 0 Å². The summed E-state index contributed by atoms with van der Waals surface area (Å²) in [5.41, 5.74) is 1.08. The molecule has 0 spiro atoms. The molecular formula is C8H15Cl2N4O4Rh. The first-order valence-electron chi connectivity index (χ1n) is 4.43. The summed E-state index contributed by atoms with van der Waals surface area (Å²) in [5, 5.41) is 44.5. The fourth-order valence-corrected chi connectivity index (χ4v) is 0.283. The standard InChI is InChI=1S/2C4H8N2O2.2ClH.Rh/c2*1-3(5-7)4(2)6-8;;;/h2*7-8H,1-2H3;2*1H;/q;;;;+3/p-3/b2*5-3+,6-4+;;;. The van der Waals surface area contributed by atoms with Crippen molar-refractivity contribution in [2.24, 2.45) is 20.6 Å². The quantitative estimate of drug-likeness (QED) is 0.282. The van der Waals surface area contributed by atoms with Gasteiger partial charge in [0.05, 0.1) is 11.4 Å². The van der Waals surface area contributed by atoms with E-state index in [4.69, 9.17) is 35.0 Å². The predicted molar refractivity (Wildman–Crippen MR) is 72.9 cm³/mol. The molecule has 0 aromatic heterocycles. The van der Waals surface area contributed by atoms with Crippen molar-refractivity contribution in [2.75, 3.05) is 0 Å². The van der Waals surface area contributed by atoms with E-state index in [1.807, 2.05) is 0 Å². The van der Waals surface area contributed by atoms with E-state index < -0.39 is 0 Å². The summed E-state index contributed by atoms with van der Waals surface area (Å²) in [5.74, 6) is 0. The van der Waals surface area contributed by atoms with Crippen LogP contribution in [-0.4, -0.2) is 38.5 Å². The summed E-state index contributed by atoms with van der Waals surface area (Å²) in [6.07, 6.45) is 0. The monoisotopic (exact) mass is 404 g/mol. The zero-order valence-electron chi connectivity index (χ0n) is 10.6. The van der Waals surface area contributed by atoms with E-state index in [2.05, 4.69) is 20.6 Å². The van der Waals surface area contributed by atoms with Gasteiger partial charge in [0.15, 0.2) is 0 Å². The number of hydrogen-bond acceptors (Lipinski definition) is 8. The number of nitrogens with zero attached hydrogens (tertiary/aromatic N) is 4. The van der Waals surface area contributed by atoms with Crippen LogP contribution in [0.25, 0.3) is 0 Å². The first-order chi connectivity index (χ1) is 8.85. The van der Waals surface area contributed by atoms with Crippen molar-refractivity contribution in [2.45, 2.75) is 27.7 Å². The third-order valence-electron chi connectivity index (χ3n) is 1.63.